The van der Waals surface area contributed by atoms with Crippen molar-refractivity contribution in [3.05, 3.63) is 45.7 Å². The molecule has 0 saturated carbocycles. The number of hydrogen-bond donors (Lipinski definition) is 2. The Morgan fingerprint density at radius 3 is 2.96 bits per heavy atom. The summed E-state index contributed by atoms with van der Waals surface area (Å²) in [5.74, 6) is 2.14. The second-order valence-corrected chi connectivity index (χ2v) is 7.33. The van der Waals surface area contributed by atoms with Crippen LogP contribution in [0.1, 0.15) is 30.6 Å². The van der Waals surface area contributed by atoms with Crippen molar-refractivity contribution in [3.63, 3.8) is 0 Å². The number of aliphatic imine (C=N–C) groups is 1. The molecule has 3 rings (SSSR count). The fourth-order valence-electron chi connectivity index (χ4n) is 3.05. The Morgan fingerprint density at radius 1 is 1.43 bits per heavy atom. The topological polar surface area (TPSA) is 76.4 Å². The van der Waals surface area contributed by atoms with Crippen molar-refractivity contribution in [1.29, 1.82) is 0 Å². The predicted octanol–water partition coefficient (Wildman–Crippen LogP) is 3.01. The summed E-state index contributed by atoms with van der Waals surface area (Å²) in [5.41, 5.74) is 0.811. The molecule has 1 unspecified atom stereocenters. The number of nitrogens with zero attached hydrogens (tertiary/aromatic N) is 4. The molecule has 28 heavy (non-hydrogen) atoms. The van der Waals surface area contributed by atoms with Crippen molar-refractivity contribution in [2.24, 2.45) is 4.99 Å². The fraction of sp³-hybridized carbons (Fsp3) is 0.500. The largest absolute Gasteiger partial charge is 0.377 e. The summed E-state index contributed by atoms with van der Waals surface area (Å²) in [4.78, 5) is 9.09. The van der Waals surface area contributed by atoms with Crippen molar-refractivity contribution in [3.8, 4) is 0 Å². The maximum Gasteiger partial charge on any atom is 0.191 e. The Morgan fingerprint density at radius 2 is 2.25 bits per heavy atom. The number of nitrogens with one attached hydrogen (secondary N) is 2. The number of hydrogen-bond acceptors (Lipinski definition) is 4. The third-order valence-corrected chi connectivity index (χ3v) is 4.66. The number of aryl methyl sites for hydroxylation is 1. The number of fused-ring (bicyclic) bond motifs is 1. The van der Waals surface area contributed by atoms with Crippen LogP contribution >= 0.6 is 39.9 Å². The molecule has 7 nitrogen and oxygen atoms in total. The summed E-state index contributed by atoms with van der Waals surface area (Å²) in [6, 6.07) is 5.01. The van der Waals surface area contributed by atoms with E-state index in [1.54, 1.807) is 7.11 Å². The van der Waals surface area contributed by atoms with Gasteiger partial charge in [-0.1, -0.05) is 15.9 Å². The van der Waals surface area contributed by atoms with Crippen LogP contribution in [-0.4, -0.2) is 40.4 Å². The van der Waals surface area contributed by atoms with Gasteiger partial charge in [-0.25, -0.2) is 19.0 Å². The van der Waals surface area contributed by atoms with Gasteiger partial charge in [-0.2, -0.15) is 5.10 Å². The van der Waals surface area contributed by atoms with Crippen LogP contribution in [0.25, 0.3) is 0 Å². The van der Waals surface area contributed by atoms with Gasteiger partial charge in [0.1, 0.15) is 18.2 Å². The summed E-state index contributed by atoms with van der Waals surface area (Å²) in [5, 5.41) is 11.2. The minimum absolute atomic E-state index is 0. The third-order valence-electron chi connectivity index (χ3n) is 4.20. The lowest BCUT2D eigenvalue weighted by Gasteiger charge is -2.25. The zero-order valence-corrected chi connectivity index (χ0v) is 19.8. The highest BCUT2D eigenvalue weighted by Crippen LogP contribution is 2.16. The standard InChI is InChI=1S/C18H24BrFN6O.HI/c1-3-21-18(22-9-12-6-13(19)8-14(20)7-12)23-15-4-5-17-24-16(11-27-2)25-26(17)10-15;/h6-8,15H,3-5,9-11H2,1-2H3,(H2,21,22,23);1H. The van der Waals surface area contributed by atoms with E-state index in [1.807, 2.05) is 17.7 Å². The minimum atomic E-state index is -0.273. The van der Waals surface area contributed by atoms with Crippen molar-refractivity contribution in [2.45, 2.75) is 45.5 Å². The van der Waals surface area contributed by atoms with E-state index >= 15 is 0 Å². The highest BCUT2D eigenvalue weighted by molar-refractivity contribution is 14.0. The summed E-state index contributed by atoms with van der Waals surface area (Å²) in [7, 11) is 1.64. The maximum atomic E-state index is 13.5. The number of ether oxygens (including phenoxy) is 1. The Hall–Kier alpha value is -1.27. The molecule has 2 N–H and O–H groups in total. The molecule has 1 aliphatic heterocycles. The highest BCUT2D eigenvalue weighted by Gasteiger charge is 2.22. The first kappa shape index (κ1) is 23.0. The Balaban J connectivity index is 0.00000280. The normalized spacial score (nSPS) is 16.3. The smallest absolute Gasteiger partial charge is 0.191 e. The SMILES string of the molecule is CCNC(=NCc1cc(F)cc(Br)c1)NC1CCc2nc(COC)nn2C1.I. The van der Waals surface area contributed by atoms with Crippen LogP contribution < -0.4 is 10.6 Å². The van der Waals surface area contributed by atoms with Crippen LogP contribution in [-0.2, 0) is 30.9 Å². The molecule has 154 valence electrons. The first-order valence-corrected chi connectivity index (χ1v) is 9.78. The quantitative estimate of drug-likeness (QED) is 0.319. The molecule has 10 heteroatoms. The van der Waals surface area contributed by atoms with E-state index in [9.17, 15) is 4.39 Å². The first-order chi connectivity index (χ1) is 13.1. The molecule has 0 radical (unpaired) electrons. The second kappa shape index (κ2) is 11.1. The van der Waals surface area contributed by atoms with Gasteiger partial charge in [-0.15, -0.1) is 24.0 Å². The molecule has 0 saturated heterocycles. The van der Waals surface area contributed by atoms with Gasteiger partial charge in [0.15, 0.2) is 11.8 Å². The van der Waals surface area contributed by atoms with Crippen LogP contribution in [0, 0.1) is 5.82 Å². The van der Waals surface area contributed by atoms with Crippen molar-refractivity contribution < 1.29 is 9.13 Å². The van der Waals surface area contributed by atoms with Gasteiger partial charge in [0.25, 0.3) is 0 Å². The van der Waals surface area contributed by atoms with Gasteiger partial charge in [-0.3, -0.25) is 0 Å². The monoisotopic (exact) mass is 566 g/mol. The van der Waals surface area contributed by atoms with E-state index in [0.717, 1.165) is 37.3 Å². The van der Waals surface area contributed by atoms with Crippen LogP contribution in [0.5, 0.6) is 0 Å². The molecule has 0 aliphatic carbocycles. The fourth-order valence-corrected chi connectivity index (χ4v) is 3.57. The summed E-state index contributed by atoms with van der Waals surface area (Å²) < 4.78 is 21.3. The van der Waals surface area contributed by atoms with Gasteiger partial charge in [0.2, 0.25) is 0 Å². The number of methoxy groups -OCH3 is 1. The van der Waals surface area contributed by atoms with Gasteiger partial charge < -0.3 is 15.4 Å². The van der Waals surface area contributed by atoms with Gasteiger partial charge >= 0.3 is 0 Å². The maximum absolute atomic E-state index is 13.5. The van der Waals surface area contributed by atoms with E-state index in [4.69, 9.17) is 4.74 Å². The van der Waals surface area contributed by atoms with E-state index in [-0.39, 0.29) is 35.8 Å². The van der Waals surface area contributed by atoms with Crippen molar-refractivity contribution in [1.82, 2.24) is 25.4 Å². The number of aromatic nitrogens is 3. The lowest BCUT2D eigenvalue weighted by molar-refractivity contribution is 0.177. The number of benzene rings is 1. The summed E-state index contributed by atoms with van der Waals surface area (Å²) in [6.07, 6.45) is 1.80. The minimum Gasteiger partial charge on any atom is -0.377 e. The van der Waals surface area contributed by atoms with Gasteiger partial charge in [0, 0.05) is 30.6 Å². The van der Waals surface area contributed by atoms with Crippen LogP contribution in [0.3, 0.4) is 0 Å². The van der Waals surface area contributed by atoms with Gasteiger partial charge in [0.05, 0.1) is 13.1 Å². The average molecular weight is 567 g/mol. The van der Waals surface area contributed by atoms with Crippen LogP contribution in [0.15, 0.2) is 27.7 Å². The number of rotatable bonds is 6. The zero-order chi connectivity index (χ0) is 19.2. The average Bonchev–Trinajstić information content (AvgIpc) is 3.01. The molecular weight excluding hydrogens is 542 g/mol. The molecule has 0 fully saturated rings. The lowest BCUT2D eigenvalue weighted by Crippen LogP contribution is -2.47. The van der Waals surface area contributed by atoms with Crippen LogP contribution in [0.2, 0.25) is 0 Å². The molecule has 1 aliphatic rings. The molecule has 0 spiro atoms. The van der Waals surface area contributed by atoms with Crippen LogP contribution in [0.4, 0.5) is 4.39 Å². The molecule has 0 bridgehead atoms. The molecule has 2 heterocycles. The predicted molar refractivity (Wildman–Crippen MR) is 120 cm³/mol. The first-order valence-electron chi connectivity index (χ1n) is 8.98. The van der Waals surface area contributed by atoms with Gasteiger partial charge in [-0.05, 0) is 37.1 Å². The van der Waals surface area contributed by atoms with E-state index in [2.05, 4.69) is 41.6 Å². The Kier molecular flexibility index (Phi) is 9.09. The highest BCUT2D eigenvalue weighted by atomic mass is 127. The molecule has 1 aromatic heterocycles. The zero-order valence-electron chi connectivity index (χ0n) is 15.9. The third kappa shape index (κ3) is 6.38. The molecule has 1 aromatic carbocycles. The Bertz CT molecular complexity index is 795. The van der Waals surface area contributed by atoms with E-state index < -0.39 is 0 Å². The van der Waals surface area contributed by atoms with E-state index in [0.29, 0.717) is 29.4 Å². The second-order valence-electron chi connectivity index (χ2n) is 6.41. The molecular formula is C18H25BrFIN6O. The summed E-state index contributed by atoms with van der Waals surface area (Å²) >= 11 is 3.31. The Labute approximate surface area is 189 Å². The number of halogens is 3. The lowest BCUT2D eigenvalue weighted by atomic mass is 10.1. The van der Waals surface area contributed by atoms with E-state index in [1.165, 1.54) is 12.1 Å². The van der Waals surface area contributed by atoms with Crippen molar-refractivity contribution >= 4 is 45.9 Å². The summed E-state index contributed by atoms with van der Waals surface area (Å²) in [6.45, 7) is 4.31. The number of guanidine groups is 1. The molecule has 1 atom stereocenters. The van der Waals surface area contributed by atoms with Crippen molar-refractivity contribution in [2.75, 3.05) is 13.7 Å². The molecule has 0 amide bonds. The molecule has 2 aromatic rings.